The van der Waals surface area contributed by atoms with E-state index in [4.69, 9.17) is 4.74 Å². The van der Waals surface area contributed by atoms with Crippen LogP contribution in [0.4, 0.5) is 5.69 Å². The number of imide groups is 1. The number of benzene rings is 3. The minimum absolute atomic E-state index is 0.214. The summed E-state index contributed by atoms with van der Waals surface area (Å²) in [6, 6.07) is 22.6. The molecule has 0 saturated carbocycles. The number of fused-ring (bicyclic) bond motifs is 2. The standard InChI is InChI=1S/C27H18Br2N2O4S2/c28-15-6-9-17(10-7-15)31-25(32)21-20(22-24(30-27(34)37-22)36-23(21)26(31)33)18-12-16(29)8-11-19(18)35-13-14-4-2-1-3-5-14/h1-12,20-21,23H,13H2,(H,30,34)/t20-,21-,23+/m0/s1. The van der Waals surface area contributed by atoms with Crippen molar-refractivity contribution in [3.05, 3.63) is 107 Å². The summed E-state index contributed by atoms with van der Waals surface area (Å²) in [5, 5.41) is -0.0334. The largest absolute Gasteiger partial charge is 0.489 e. The van der Waals surface area contributed by atoms with Crippen molar-refractivity contribution < 1.29 is 14.3 Å². The Labute approximate surface area is 237 Å². The molecule has 1 fully saturated rings. The first-order valence-electron chi connectivity index (χ1n) is 11.4. The Bertz CT molecular complexity index is 1570. The highest BCUT2D eigenvalue weighted by atomic mass is 79.9. The third-order valence-corrected chi connectivity index (χ3v) is 9.88. The lowest BCUT2D eigenvalue weighted by atomic mass is 9.82. The van der Waals surface area contributed by atoms with Gasteiger partial charge in [-0.15, -0.1) is 0 Å². The predicted octanol–water partition coefficient (Wildman–Crippen LogP) is 6.34. The average molecular weight is 658 g/mol. The monoisotopic (exact) mass is 656 g/mol. The maximum atomic E-state index is 14.0. The van der Waals surface area contributed by atoms with E-state index < -0.39 is 17.1 Å². The number of hydrogen-bond donors (Lipinski definition) is 1. The highest BCUT2D eigenvalue weighted by Gasteiger charge is 2.56. The van der Waals surface area contributed by atoms with Gasteiger partial charge in [-0.2, -0.15) is 0 Å². The molecule has 2 amide bonds. The Morgan fingerprint density at radius 3 is 2.38 bits per heavy atom. The molecule has 37 heavy (non-hydrogen) atoms. The van der Waals surface area contributed by atoms with Crippen molar-refractivity contribution >= 4 is 72.5 Å². The van der Waals surface area contributed by atoms with E-state index in [1.165, 1.54) is 16.7 Å². The van der Waals surface area contributed by atoms with E-state index >= 15 is 0 Å². The number of nitrogens with one attached hydrogen (secondary N) is 1. The summed E-state index contributed by atoms with van der Waals surface area (Å²) in [7, 11) is 0. The van der Waals surface area contributed by atoms with Crippen LogP contribution in [-0.2, 0) is 16.2 Å². The highest BCUT2D eigenvalue weighted by Crippen LogP contribution is 2.54. The Morgan fingerprint density at radius 1 is 0.892 bits per heavy atom. The first-order chi connectivity index (χ1) is 17.9. The Morgan fingerprint density at radius 2 is 1.62 bits per heavy atom. The van der Waals surface area contributed by atoms with E-state index in [0.717, 1.165) is 36.3 Å². The normalized spacial score (nSPS) is 20.6. The van der Waals surface area contributed by atoms with Crippen LogP contribution < -0.4 is 14.5 Å². The summed E-state index contributed by atoms with van der Waals surface area (Å²) in [5.74, 6) is -1.17. The number of carbonyl (C=O) groups is 2. The first kappa shape index (κ1) is 24.7. The van der Waals surface area contributed by atoms with Gasteiger partial charge in [-0.05, 0) is 48.0 Å². The number of H-pyrrole nitrogens is 1. The summed E-state index contributed by atoms with van der Waals surface area (Å²) >= 11 is 9.32. The molecule has 1 N–H and O–H groups in total. The van der Waals surface area contributed by atoms with Crippen molar-refractivity contribution in [3.63, 3.8) is 0 Å². The SMILES string of the molecule is O=C1[C@H]2[C@H](c3cc(Br)ccc3OCc3ccccc3)c3sc(=O)[nH]c3S[C@H]2C(=O)N1c1ccc(Br)cc1. The van der Waals surface area contributed by atoms with Gasteiger partial charge in [0.15, 0.2) is 0 Å². The molecule has 4 aromatic rings. The summed E-state index contributed by atoms with van der Waals surface area (Å²) in [4.78, 5) is 44.7. The zero-order chi connectivity index (χ0) is 25.7. The molecule has 186 valence electrons. The van der Waals surface area contributed by atoms with Crippen LogP contribution in [0.5, 0.6) is 5.75 Å². The fourth-order valence-electron chi connectivity index (χ4n) is 4.83. The Kier molecular flexibility index (Phi) is 6.60. The van der Waals surface area contributed by atoms with Gasteiger partial charge in [0.2, 0.25) is 11.8 Å². The predicted molar refractivity (Wildman–Crippen MR) is 151 cm³/mol. The summed E-state index contributed by atoms with van der Waals surface area (Å²) < 4.78 is 7.93. The summed E-state index contributed by atoms with van der Waals surface area (Å²) in [6.45, 7) is 0.346. The lowest BCUT2D eigenvalue weighted by Gasteiger charge is -2.31. The van der Waals surface area contributed by atoms with Gasteiger partial charge in [-0.1, -0.05) is 85.3 Å². The van der Waals surface area contributed by atoms with E-state index in [1.807, 2.05) is 48.5 Å². The van der Waals surface area contributed by atoms with Gasteiger partial charge >= 0.3 is 4.87 Å². The second kappa shape index (κ2) is 9.90. The number of ether oxygens (including phenoxy) is 1. The number of amides is 2. The number of anilines is 1. The van der Waals surface area contributed by atoms with E-state index in [9.17, 15) is 14.4 Å². The average Bonchev–Trinajstić information content (AvgIpc) is 3.39. The van der Waals surface area contributed by atoms with Crippen molar-refractivity contribution in [2.45, 2.75) is 22.8 Å². The van der Waals surface area contributed by atoms with Gasteiger partial charge in [0.05, 0.1) is 16.6 Å². The molecule has 2 aliphatic heterocycles. The summed E-state index contributed by atoms with van der Waals surface area (Å²) in [5.41, 5.74) is 2.29. The van der Waals surface area contributed by atoms with Crippen LogP contribution in [0.3, 0.4) is 0 Å². The van der Waals surface area contributed by atoms with E-state index in [2.05, 4.69) is 36.8 Å². The number of aromatic amines is 1. The molecule has 0 unspecified atom stereocenters. The molecule has 0 aliphatic carbocycles. The molecular weight excluding hydrogens is 640 g/mol. The van der Waals surface area contributed by atoms with Crippen molar-refractivity contribution in [2.75, 3.05) is 4.90 Å². The fraction of sp³-hybridized carbons (Fsp3) is 0.148. The van der Waals surface area contributed by atoms with Crippen molar-refractivity contribution in [3.8, 4) is 5.75 Å². The Hall–Kier alpha value is -2.66. The lowest BCUT2D eigenvalue weighted by Crippen LogP contribution is -2.32. The molecule has 3 atom stereocenters. The van der Waals surface area contributed by atoms with Crippen molar-refractivity contribution in [1.29, 1.82) is 0 Å². The molecule has 3 heterocycles. The van der Waals surface area contributed by atoms with Crippen molar-refractivity contribution in [2.24, 2.45) is 5.92 Å². The van der Waals surface area contributed by atoms with E-state index in [1.54, 1.807) is 24.3 Å². The number of rotatable bonds is 5. The van der Waals surface area contributed by atoms with Crippen LogP contribution in [0.2, 0.25) is 0 Å². The van der Waals surface area contributed by atoms with Crippen LogP contribution in [-0.4, -0.2) is 22.0 Å². The van der Waals surface area contributed by atoms with Gasteiger partial charge in [0, 0.05) is 25.3 Å². The minimum atomic E-state index is -0.687. The van der Waals surface area contributed by atoms with Crippen LogP contribution in [0, 0.1) is 5.92 Å². The number of nitrogens with zero attached hydrogens (tertiary/aromatic N) is 1. The van der Waals surface area contributed by atoms with Gasteiger partial charge in [0.25, 0.3) is 0 Å². The molecule has 3 aromatic carbocycles. The lowest BCUT2D eigenvalue weighted by molar-refractivity contribution is -0.122. The topological polar surface area (TPSA) is 79.5 Å². The van der Waals surface area contributed by atoms with E-state index in [0.29, 0.717) is 23.1 Å². The maximum absolute atomic E-state index is 14.0. The molecule has 2 aliphatic rings. The van der Waals surface area contributed by atoms with Gasteiger partial charge < -0.3 is 9.72 Å². The zero-order valence-corrected chi connectivity index (χ0v) is 23.8. The molecule has 0 radical (unpaired) electrons. The number of thiazole rings is 1. The Balaban J connectivity index is 1.45. The number of aromatic nitrogens is 1. The van der Waals surface area contributed by atoms with Crippen LogP contribution in [0.15, 0.2) is 91.6 Å². The third-order valence-electron chi connectivity index (χ3n) is 6.45. The molecule has 6 rings (SSSR count). The van der Waals surface area contributed by atoms with Crippen molar-refractivity contribution in [1.82, 2.24) is 4.98 Å². The molecule has 1 aromatic heterocycles. The maximum Gasteiger partial charge on any atom is 0.305 e. The second-order valence-electron chi connectivity index (χ2n) is 8.69. The highest BCUT2D eigenvalue weighted by molar-refractivity contribution is 9.10. The molecule has 6 nitrogen and oxygen atoms in total. The molecule has 10 heteroatoms. The van der Waals surface area contributed by atoms with Crippen LogP contribution >= 0.6 is 55.0 Å². The zero-order valence-electron chi connectivity index (χ0n) is 19.0. The smallest absolute Gasteiger partial charge is 0.305 e. The van der Waals surface area contributed by atoms with Gasteiger partial charge in [-0.3, -0.25) is 14.4 Å². The minimum Gasteiger partial charge on any atom is -0.489 e. The number of hydrogen-bond acceptors (Lipinski definition) is 6. The van der Waals surface area contributed by atoms with Crippen LogP contribution in [0.25, 0.3) is 0 Å². The number of carbonyl (C=O) groups excluding carboxylic acids is 2. The number of halogens is 2. The molecule has 0 bridgehead atoms. The quantitative estimate of drug-likeness (QED) is 0.254. The van der Waals surface area contributed by atoms with Gasteiger partial charge in [0.1, 0.15) is 17.6 Å². The van der Waals surface area contributed by atoms with Gasteiger partial charge in [-0.25, -0.2) is 4.90 Å². The summed E-state index contributed by atoms with van der Waals surface area (Å²) in [6.07, 6.45) is 0. The second-order valence-corrected chi connectivity index (χ2v) is 12.7. The third kappa shape index (κ3) is 4.50. The molecule has 0 spiro atoms. The fourth-order valence-corrected chi connectivity index (χ4v) is 7.98. The van der Waals surface area contributed by atoms with Crippen LogP contribution in [0.1, 0.15) is 21.9 Å². The molecule has 1 saturated heterocycles. The first-order valence-corrected chi connectivity index (χ1v) is 14.7. The van der Waals surface area contributed by atoms with E-state index in [-0.39, 0.29) is 16.7 Å². The molecular formula is C27H18Br2N2O4S2. The number of thioether (sulfide) groups is 1.